The highest BCUT2D eigenvalue weighted by Crippen LogP contribution is 2.45. The minimum absolute atomic E-state index is 0.128. The summed E-state index contributed by atoms with van der Waals surface area (Å²) in [5.74, 6) is 0.564. The smallest absolute Gasteiger partial charge is 0.308 e. The molecule has 0 fully saturated rings. The van der Waals surface area contributed by atoms with Crippen molar-refractivity contribution in [3.8, 4) is 17.2 Å². The molecule has 0 spiro atoms. The van der Waals surface area contributed by atoms with Crippen LogP contribution in [0.3, 0.4) is 0 Å². The molecule has 0 aromatic heterocycles. The third-order valence-corrected chi connectivity index (χ3v) is 6.90. The lowest BCUT2D eigenvalue weighted by Crippen LogP contribution is -2.40. The maximum absolute atomic E-state index is 14.1. The maximum atomic E-state index is 14.1. The third kappa shape index (κ3) is 6.08. The second-order valence-electron chi connectivity index (χ2n) is 8.68. The Morgan fingerprint density at radius 2 is 1.77 bits per heavy atom. The number of amides is 1. The standard InChI is InChI=1S/C29H29Cl2NO7/c1-5-38-26(33)15-25-29(34)32(16-17-9-11-19(35-2)14-24(17)36-3)23-12-10-18(30)13-21(23)27(39-25)20-7-6-8-22(31)28(20)37-4/h6-14,25,27H,5,15-16H2,1-4H3. The Balaban J connectivity index is 1.89. The highest BCUT2D eigenvalue weighted by Gasteiger charge is 2.39. The lowest BCUT2D eigenvalue weighted by Gasteiger charge is -2.26. The highest BCUT2D eigenvalue weighted by atomic mass is 35.5. The fourth-order valence-electron chi connectivity index (χ4n) is 4.58. The SMILES string of the molecule is CCOC(=O)CC1OC(c2cccc(Cl)c2OC)c2cc(Cl)ccc2N(Cc2ccc(OC)cc2OC)C1=O. The Morgan fingerprint density at radius 1 is 0.974 bits per heavy atom. The summed E-state index contributed by atoms with van der Waals surface area (Å²) in [4.78, 5) is 28.2. The number of para-hydroxylation sites is 1. The van der Waals surface area contributed by atoms with Crippen molar-refractivity contribution in [2.24, 2.45) is 0 Å². The predicted octanol–water partition coefficient (Wildman–Crippen LogP) is 5.99. The minimum Gasteiger partial charge on any atom is -0.497 e. The van der Waals surface area contributed by atoms with Crippen molar-refractivity contribution in [1.82, 2.24) is 0 Å². The van der Waals surface area contributed by atoms with E-state index in [2.05, 4.69) is 0 Å². The molecule has 2 unspecified atom stereocenters. The van der Waals surface area contributed by atoms with E-state index in [0.717, 1.165) is 5.56 Å². The summed E-state index contributed by atoms with van der Waals surface area (Å²) in [5.41, 5.74) is 2.47. The van der Waals surface area contributed by atoms with Gasteiger partial charge in [0, 0.05) is 27.8 Å². The molecular formula is C29H29Cl2NO7. The van der Waals surface area contributed by atoms with Gasteiger partial charge >= 0.3 is 5.97 Å². The molecule has 0 N–H and O–H groups in total. The van der Waals surface area contributed by atoms with Crippen molar-refractivity contribution in [1.29, 1.82) is 0 Å². The highest BCUT2D eigenvalue weighted by molar-refractivity contribution is 6.32. The summed E-state index contributed by atoms with van der Waals surface area (Å²) in [6.45, 7) is 2.00. The summed E-state index contributed by atoms with van der Waals surface area (Å²) < 4.78 is 28.1. The summed E-state index contributed by atoms with van der Waals surface area (Å²) in [6, 6.07) is 15.8. The topological polar surface area (TPSA) is 83.5 Å². The number of carbonyl (C=O) groups is 2. The summed E-state index contributed by atoms with van der Waals surface area (Å²) in [6.07, 6.45) is -2.30. The van der Waals surface area contributed by atoms with Crippen molar-refractivity contribution < 1.29 is 33.3 Å². The summed E-state index contributed by atoms with van der Waals surface area (Å²) in [5, 5.41) is 0.820. The minimum atomic E-state index is -1.17. The van der Waals surface area contributed by atoms with Crippen LogP contribution in [0, 0.1) is 0 Å². The molecule has 10 heteroatoms. The Kier molecular flexibility index (Phi) is 9.22. The van der Waals surface area contributed by atoms with E-state index in [1.165, 1.54) is 7.11 Å². The number of esters is 1. The molecule has 0 saturated heterocycles. The predicted molar refractivity (Wildman–Crippen MR) is 148 cm³/mol. The van der Waals surface area contributed by atoms with Crippen molar-refractivity contribution in [2.75, 3.05) is 32.8 Å². The molecule has 2 atom stereocenters. The average Bonchev–Trinajstić information content (AvgIpc) is 3.03. The first-order chi connectivity index (χ1) is 18.8. The van der Waals surface area contributed by atoms with Gasteiger partial charge in [0.05, 0.1) is 51.6 Å². The number of hydrogen-bond donors (Lipinski definition) is 0. The molecule has 0 aliphatic carbocycles. The van der Waals surface area contributed by atoms with Gasteiger partial charge in [-0.2, -0.15) is 0 Å². The largest absolute Gasteiger partial charge is 0.497 e. The van der Waals surface area contributed by atoms with Gasteiger partial charge in [-0.05, 0) is 43.3 Å². The molecule has 1 aliphatic heterocycles. The van der Waals surface area contributed by atoms with Crippen LogP contribution in [0.1, 0.15) is 36.1 Å². The van der Waals surface area contributed by atoms with Crippen molar-refractivity contribution in [2.45, 2.75) is 32.1 Å². The maximum Gasteiger partial charge on any atom is 0.308 e. The Hall–Kier alpha value is -3.46. The van der Waals surface area contributed by atoms with Gasteiger partial charge in [0.1, 0.15) is 29.5 Å². The van der Waals surface area contributed by atoms with E-state index in [1.54, 1.807) is 74.6 Å². The monoisotopic (exact) mass is 573 g/mol. The van der Waals surface area contributed by atoms with E-state index >= 15 is 0 Å². The van der Waals surface area contributed by atoms with E-state index in [-0.39, 0.29) is 19.6 Å². The molecule has 39 heavy (non-hydrogen) atoms. The van der Waals surface area contributed by atoms with Gasteiger partial charge in [-0.1, -0.05) is 35.3 Å². The van der Waals surface area contributed by atoms with Crippen LogP contribution in [0.5, 0.6) is 17.2 Å². The number of ether oxygens (including phenoxy) is 5. The molecule has 4 rings (SSSR count). The van der Waals surface area contributed by atoms with Crippen molar-refractivity contribution in [3.05, 3.63) is 81.3 Å². The van der Waals surface area contributed by atoms with Crippen LogP contribution in [0.4, 0.5) is 5.69 Å². The number of nitrogens with zero attached hydrogens (tertiary/aromatic N) is 1. The summed E-state index contributed by atoms with van der Waals surface area (Å²) >= 11 is 12.9. The van der Waals surface area contributed by atoms with Crippen LogP contribution in [0.25, 0.3) is 0 Å². The fourth-order valence-corrected chi connectivity index (χ4v) is 5.02. The molecule has 1 amide bonds. The van der Waals surface area contributed by atoms with Gasteiger partial charge in [0.2, 0.25) is 0 Å². The van der Waals surface area contributed by atoms with E-state index in [0.29, 0.717) is 44.1 Å². The first kappa shape index (κ1) is 28.5. The van der Waals surface area contributed by atoms with E-state index in [9.17, 15) is 9.59 Å². The first-order valence-electron chi connectivity index (χ1n) is 12.3. The number of halogens is 2. The lowest BCUT2D eigenvalue weighted by molar-refractivity contribution is -0.151. The van der Waals surface area contributed by atoms with Crippen molar-refractivity contribution >= 4 is 40.8 Å². The van der Waals surface area contributed by atoms with Crippen molar-refractivity contribution in [3.63, 3.8) is 0 Å². The molecule has 1 heterocycles. The zero-order valence-corrected chi connectivity index (χ0v) is 23.5. The van der Waals surface area contributed by atoms with Crippen LogP contribution in [-0.4, -0.2) is 45.9 Å². The van der Waals surface area contributed by atoms with Gasteiger partial charge in [-0.25, -0.2) is 0 Å². The molecule has 0 bridgehead atoms. The molecular weight excluding hydrogens is 545 g/mol. The molecule has 0 radical (unpaired) electrons. The quantitative estimate of drug-likeness (QED) is 0.290. The number of methoxy groups -OCH3 is 3. The number of rotatable bonds is 9. The van der Waals surface area contributed by atoms with Gasteiger partial charge in [0.25, 0.3) is 5.91 Å². The van der Waals surface area contributed by atoms with Crippen LogP contribution in [-0.2, 0) is 25.6 Å². The first-order valence-corrected chi connectivity index (χ1v) is 13.0. The number of fused-ring (bicyclic) bond motifs is 1. The zero-order chi connectivity index (χ0) is 28.1. The lowest BCUT2D eigenvalue weighted by atomic mass is 9.98. The van der Waals surface area contributed by atoms with E-state index in [1.807, 2.05) is 6.07 Å². The summed E-state index contributed by atoms with van der Waals surface area (Å²) in [7, 11) is 4.61. The zero-order valence-electron chi connectivity index (χ0n) is 22.0. The number of anilines is 1. The third-order valence-electron chi connectivity index (χ3n) is 6.37. The molecule has 8 nitrogen and oxygen atoms in total. The van der Waals surface area contributed by atoms with Gasteiger partial charge in [-0.15, -0.1) is 0 Å². The normalized spacial score (nSPS) is 16.8. The van der Waals surface area contributed by atoms with Crippen LogP contribution in [0.2, 0.25) is 10.0 Å². The van der Waals surface area contributed by atoms with Crippen LogP contribution in [0.15, 0.2) is 54.6 Å². The van der Waals surface area contributed by atoms with Gasteiger partial charge in [0.15, 0.2) is 0 Å². The second kappa shape index (κ2) is 12.6. The Labute approximate surface area is 237 Å². The number of carbonyl (C=O) groups excluding carboxylic acids is 2. The number of hydrogen-bond acceptors (Lipinski definition) is 7. The van der Waals surface area contributed by atoms with E-state index in [4.69, 9.17) is 46.9 Å². The van der Waals surface area contributed by atoms with Crippen LogP contribution >= 0.6 is 23.2 Å². The Morgan fingerprint density at radius 3 is 2.46 bits per heavy atom. The van der Waals surface area contributed by atoms with Crippen LogP contribution < -0.4 is 19.1 Å². The molecule has 3 aromatic rings. The van der Waals surface area contributed by atoms with Gasteiger partial charge in [-0.3, -0.25) is 9.59 Å². The molecule has 1 aliphatic rings. The molecule has 0 saturated carbocycles. The molecule has 3 aromatic carbocycles. The Bertz CT molecular complexity index is 1360. The van der Waals surface area contributed by atoms with Gasteiger partial charge < -0.3 is 28.6 Å². The molecule has 206 valence electrons. The second-order valence-corrected chi connectivity index (χ2v) is 9.53. The fraction of sp³-hybridized carbons (Fsp3) is 0.310. The number of benzene rings is 3. The average molecular weight is 574 g/mol. The van der Waals surface area contributed by atoms with E-state index < -0.39 is 24.1 Å².